The molecule has 0 amide bonds. The van der Waals surface area contributed by atoms with Crippen LogP contribution in [0.5, 0.6) is 5.75 Å². The van der Waals surface area contributed by atoms with Gasteiger partial charge in [0.05, 0.1) is 0 Å². The fourth-order valence-corrected chi connectivity index (χ4v) is 1.20. The third-order valence-corrected chi connectivity index (χ3v) is 2.07. The van der Waals surface area contributed by atoms with E-state index in [0.29, 0.717) is 0 Å². The SMILES string of the molecule is O[Si](OF)(OF)Oc1ccccc1. The van der Waals surface area contributed by atoms with E-state index in [4.69, 9.17) is 4.80 Å². The Morgan fingerprint density at radius 3 is 2.08 bits per heavy atom. The quantitative estimate of drug-likeness (QED) is 0.757. The molecule has 0 unspecified atom stereocenters. The Kier molecular flexibility index (Phi) is 3.31. The molecule has 0 fully saturated rings. The monoisotopic (exact) mass is 208 g/mol. The Bertz CT molecular complexity index is 254. The molecule has 0 saturated heterocycles. The number of hydrogen-bond donors (Lipinski definition) is 1. The van der Waals surface area contributed by atoms with Crippen molar-refractivity contribution in [3.8, 4) is 5.75 Å². The maximum Gasteiger partial charge on any atom is 0.811 e. The van der Waals surface area contributed by atoms with Crippen molar-refractivity contribution in [1.29, 1.82) is 0 Å². The lowest BCUT2D eigenvalue weighted by molar-refractivity contribution is -0.184. The second kappa shape index (κ2) is 4.28. The smallest absolute Gasteiger partial charge is 0.478 e. The van der Waals surface area contributed by atoms with Gasteiger partial charge in [-0.25, -0.2) is 0 Å². The first kappa shape index (κ1) is 10.1. The lowest BCUT2D eigenvalue weighted by atomic mass is 10.3. The van der Waals surface area contributed by atoms with Crippen molar-refractivity contribution in [2.75, 3.05) is 0 Å². The van der Waals surface area contributed by atoms with E-state index in [1.165, 1.54) is 12.1 Å². The minimum atomic E-state index is -4.77. The fourth-order valence-electron chi connectivity index (χ4n) is 0.681. The average molecular weight is 208 g/mol. The fraction of sp³-hybridized carbons (Fsp3) is 0. The highest BCUT2D eigenvalue weighted by molar-refractivity contribution is 6.52. The van der Waals surface area contributed by atoms with E-state index in [-0.39, 0.29) is 5.75 Å². The first-order valence-electron chi connectivity index (χ1n) is 3.26. The van der Waals surface area contributed by atoms with Gasteiger partial charge in [0.25, 0.3) is 0 Å². The molecule has 1 N–H and O–H groups in total. The van der Waals surface area contributed by atoms with E-state index in [2.05, 4.69) is 13.7 Å². The van der Waals surface area contributed by atoms with Crippen molar-refractivity contribution in [2.45, 2.75) is 0 Å². The molecule has 0 atom stereocenters. The van der Waals surface area contributed by atoms with Crippen LogP contribution in [-0.2, 0) is 9.26 Å². The molecule has 13 heavy (non-hydrogen) atoms. The molecule has 4 nitrogen and oxygen atoms in total. The first-order valence-corrected chi connectivity index (χ1v) is 4.93. The summed E-state index contributed by atoms with van der Waals surface area (Å²) in [5.74, 6) is 0.0481. The van der Waals surface area contributed by atoms with Crippen LogP contribution in [0.4, 0.5) is 9.05 Å². The topological polar surface area (TPSA) is 47.9 Å². The van der Waals surface area contributed by atoms with Gasteiger partial charge in [0, 0.05) is 0 Å². The van der Waals surface area contributed by atoms with Crippen molar-refractivity contribution >= 4 is 9.05 Å². The molecule has 0 heterocycles. The van der Waals surface area contributed by atoms with E-state index >= 15 is 0 Å². The third kappa shape index (κ3) is 2.74. The van der Waals surface area contributed by atoms with Gasteiger partial charge in [-0.2, -0.15) is 0 Å². The molecule has 1 rings (SSSR count). The lowest BCUT2D eigenvalue weighted by Crippen LogP contribution is -2.45. The number of rotatable bonds is 4. The number of para-hydroxylation sites is 1. The minimum Gasteiger partial charge on any atom is -0.478 e. The summed E-state index contributed by atoms with van der Waals surface area (Å²) in [6.45, 7) is 0. The van der Waals surface area contributed by atoms with Crippen LogP contribution in [0.25, 0.3) is 0 Å². The van der Waals surface area contributed by atoms with E-state index in [9.17, 15) is 9.05 Å². The van der Waals surface area contributed by atoms with Crippen molar-refractivity contribution in [3.63, 3.8) is 0 Å². The van der Waals surface area contributed by atoms with E-state index in [0.717, 1.165) is 0 Å². The molecule has 0 aliphatic carbocycles. The normalized spacial score (nSPS) is 11.3. The summed E-state index contributed by atoms with van der Waals surface area (Å²) in [6, 6.07) is 7.55. The number of benzene rings is 1. The summed E-state index contributed by atoms with van der Waals surface area (Å²) in [6.07, 6.45) is 0. The maximum atomic E-state index is 11.5. The van der Waals surface area contributed by atoms with Gasteiger partial charge in [-0.1, -0.05) is 27.3 Å². The number of hydrogen-bond acceptors (Lipinski definition) is 4. The van der Waals surface area contributed by atoms with Crippen molar-refractivity contribution in [1.82, 2.24) is 0 Å². The second-order valence-electron chi connectivity index (χ2n) is 2.09. The highest BCUT2D eigenvalue weighted by Gasteiger charge is 2.48. The lowest BCUT2D eigenvalue weighted by Gasteiger charge is -2.13. The van der Waals surface area contributed by atoms with Gasteiger partial charge in [-0.05, 0) is 12.1 Å². The van der Waals surface area contributed by atoms with Crippen LogP contribution in [0.15, 0.2) is 30.3 Å². The summed E-state index contributed by atoms with van der Waals surface area (Å²) in [5.41, 5.74) is 0. The van der Waals surface area contributed by atoms with Crippen LogP contribution in [0.2, 0.25) is 0 Å². The minimum absolute atomic E-state index is 0.0481. The van der Waals surface area contributed by atoms with Crippen molar-refractivity contribution < 1.29 is 27.5 Å². The van der Waals surface area contributed by atoms with Gasteiger partial charge in [-0.3, -0.25) is 0 Å². The zero-order valence-corrected chi connectivity index (χ0v) is 7.31. The van der Waals surface area contributed by atoms with Crippen LogP contribution in [0.3, 0.4) is 0 Å². The van der Waals surface area contributed by atoms with Crippen molar-refractivity contribution in [2.24, 2.45) is 0 Å². The van der Waals surface area contributed by atoms with Gasteiger partial charge >= 0.3 is 9.05 Å². The molecular formula is C6H6F2O4Si. The predicted molar refractivity (Wildman–Crippen MR) is 39.4 cm³/mol. The molecule has 7 heteroatoms. The molecular weight excluding hydrogens is 202 g/mol. The first-order chi connectivity index (χ1) is 6.20. The zero-order valence-electron chi connectivity index (χ0n) is 6.31. The van der Waals surface area contributed by atoms with E-state index in [1.54, 1.807) is 18.2 Å². The highest BCUT2D eigenvalue weighted by atomic mass is 28.4. The van der Waals surface area contributed by atoms with Gasteiger partial charge in [0.1, 0.15) is 5.75 Å². The molecule has 0 saturated carbocycles. The zero-order chi connectivity index (χ0) is 9.73. The van der Waals surface area contributed by atoms with E-state index < -0.39 is 9.05 Å². The summed E-state index contributed by atoms with van der Waals surface area (Å²) in [5, 5.41) is 0. The highest BCUT2D eigenvalue weighted by Crippen LogP contribution is 2.15. The average Bonchev–Trinajstić information content (AvgIpc) is 2.19. The molecule has 1 aromatic carbocycles. The Hall–Kier alpha value is -1.02. The van der Waals surface area contributed by atoms with Crippen LogP contribution in [0.1, 0.15) is 0 Å². The summed E-state index contributed by atoms with van der Waals surface area (Å²) in [4.78, 5) is 8.80. The molecule has 0 aliphatic rings. The predicted octanol–water partition coefficient (Wildman–Crippen LogP) is 1.30. The van der Waals surface area contributed by atoms with Crippen LogP contribution in [0, 0.1) is 0 Å². The molecule has 0 bridgehead atoms. The number of halogens is 2. The summed E-state index contributed by atoms with van der Waals surface area (Å²) >= 11 is 0. The van der Waals surface area contributed by atoms with Crippen molar-refractivity contribution in [3.05, 3.63) is 30.3 Å². The maximum absolute atomic E-state index is 11.5. The largest absolute Gasteiger partial charge is 0.811 e. The van der Waals surface area contributed by atoms with Gasteiger partial charge in [-0.15, -0.1) is 9.26 Å². The molecule has 0 aromatic heterocycles. The summed E-state index contributed by atoms with van der Waals surface area (Å²) in [7, 11) is -4.77. The summed E-state index contributed by atoms with van der Waals surface area (Å²) < 4.78 is 33.2. The Morgan fingerprint density at radius 1 is 1.08 bits per heavy atom. The third-order valence-electron chi connectivity index (χ3n) is 1.19. The second-order valence-corrected chi connectivity index (χ2v) is 3.65. The van der Waals surface area contributed by atoms with Gasteiger partial charge in [0.15, 0.2) is 0 Å². The van der Waals surface area contributed by atoms with Gasteiger partial charge in [0.2, 0.25) is 0 Å². The van der Waals surface area contributed by atoms with E-state index in [1.807, 2.05) is 0 Å². The molecule has 1 aromatic rings. The molecule has 0 radical (unpaired) electrons. The Balaban J connectivity index is 2.68. The Labute approximate surface area is 73.6 Å². The van der Waals surface area contributed by atoms with Gasteiger partial charge < -0.3 is 9.22 Å². The standard InChI is InChI=1S/C6H6F2O4Si/c7-11-13(9,12-8)10-6-4-2-1-3-5-6/h1-5,9H. The molecule has 72 valence electrons. The molecule has 0 spiro atoms. The van der Waals surface area contributed by atoms with Crippen LogP contribution < -0.4 is 4.43 Å². The molecule has 0 aliphatic heterocycles. The van der Waals surface area contributed by atoms with Crippen LogP contribution in [-0.4, -0.2) is 13.8 Å². The Morgan fingerprint density at radius 2 is 1.62 bits per heavy atom. The van der Waals surface area contributed by atoms with Crippen LogP contribution >= 0.6 is 0 Å².